The van der Waals surface area contributed by atoms with Crippen molar-refractivity contribution in [1.29, 1.82) is 0 Å². The van der Waals surface area contributed by atoms with Crippen molar-refractivity contribution in [3.63, 3.8) is 0 Å². The van der Waals surface area contributed by atoms with E-state index in [1.807, 2.05) is 0 Å². The van der Waals surface area contributed by atoms with E-state index >= 15 is 0 Å². The monoisotopic (exact) mass is 411 g/mol. The van der Waals surface area contributed by atoms with Gasteiger partial charge >= 0.3 is 12.2 Å². The van der Waals surface area contributed by atoms with Crippen molar-refractivity contribution in [2.75, 3.05) is 12.4 Å². The first kappa shape index (κ1) is 20.9. The Morgan fingerprint density at radius 2 is 2.00 bits per heavy atom. The third-order valence-corrected chi connectivity index (χ3v) is 4.82. The third-order valence-electron chi connectivity index (χ3n) is 4.82. The summed E-state index contributed by atoms with van der Waals surface area (Å²) in [5, 5.41) is 25.5. The van der Waals surface area contributed by atoms with Crippen molar-refractivity contribution >= 4 is 11.7 Å². The molecule has 7 nitrogen and oxygen atoms in total. The molecule has 4 unspecified atom stereocenters. The number of anilines is 1. The van der Waals surface area contributed by atoms with E-state index in [-0.39, 0.29) is 6.42 Å². The second-order valence-electron chi connectivity index (χ2n) is 6.73. The molecule has 0 radical (unpaired) electrons. The average Bonchev–Trinajstić information content (AvgIpc) is 2.96. The summed E-state index contributed by atoms with van der Waals surface area (Å²) in [5.41, 5.74) is -0.219. The molecular weight excluding hydrogens is 391 g/mol. The second kappa shape index (κ2) is 8.26. The van der Waals surface area contributed by atoms with Crippen LogP contribution < -0.4 is 15.4 Å². The number of aliphatic hydroxyl groups excluding tert-OH is 2. The van der Waals surface area contributed by atoms with Crippen LogP contribution in [0.3, 0.4) is 0 Å². The number of methoxy groups -OCH3 is 1. The third kappa shape index (κ3) is 4.77. The first-order chi connectivity index (χ1) is 13.7. The number of carbonyl (C=O) groups excluding carboxylic acids is 1. The first-order valence-corrected chi connectivity index (χ1v) is 8.80. The molecule has 2 amide bonds. The van der Waals surface area contributed by atoms with Gasteiger partial charge in [-0.3, -0.25) is 4.98 Å². The number of urea groups is 1. The van der Waals surface area contributed by atoms with Gasteiger partial charge in [0.1, 0.15) is 17.5 Å². The minimum Gasteiger partial charge on any atom is -0.497 e. The Morgan fingerprint density at radius 3 is 2.62 bits per heavy atom. The van der Waals surface area contributed by atoms with E-state index < -0.39 is 42.1 Å². The fourth-order valence-electron chi connectivity index (χ4n) is 3.36. The molecule has 1 aromatic carbocycles. The average molecular weight is 411 g/mol. The van der Waals surface area contributed by atoms with E-state index in [2.05, 4.69) is 15.6 Å². The van der Waals surface area contributed by atoms with Crippen molar-refractivity contribution in [1.82, 2.24) is 10.3 Å². The number of alkyl halides is 3. The molecule has 0 saturated heterocycles. The van der Waals surface area contributed by atoms with Crippen molar-refractivity contribution < 1.29 is 32.9 Å². The van der Waals surface area contributed by atoms with Gasteiger partial charge in [-0.25, -0.2) is 4.79 Å². The Kier molecular flexibility index (Phi) is 5.94. The summed E-state index contributed by atoms with van der Waals surface area (Å²) in [7, 11) is 1.48. The molecule has 4 N–H and O–H groups in total. The van der Waals surface area contributed by atoms with Crippen LogP contribution in [0, 0.1) is 0 Å². The maximum absolute atomic E-state index is 12.7. The summed E-state index contributed by atoms with van der Waals surface area (Å²) in [6, 6.07) is 7.14. The zero-order valence-electron chi connectivity index (χ0n) is 15.3. The van der Waals surface area contributed by atoms with Gasteiger partial charge < -0.3 is 25.6 Å². The molecule has 1 aliphatic rings. The predicted octanol–water partition coefficient (Wildman–Crippen LogP) is 2.51. The van der Waals surface area contributed by atoms with Crippen LogP contribution in [-0.2, 0) is 6.18 Å². The number of nitrogens with one attached hydrogen (secondary N) is 2. The summed E-state index contributed by atoms with van der Waals surface area (Å²) in [4.78, 5) is 15.8. The number of amides is 2. The molecule has 2 aromatic rings. The number of aliphatic hydroxyl groups is 2. The topological polar surface area (TPSA) is 104 Å². The number of aromatic nitrogens is 1. The molecular formula is C19H20F3N3O4. The fraction of sp³-hybridized carbons (Fsp3) is 0.368. The number of hydrogen-bond donors (Lipinski definition) is 4. The zero-order chi connectivity index (χ0) is 21.2. The van der Waals surface area contributed by atoms with Gasteiger partial charge in [-0.05, 0) is 30.2 Å². The summed E-state index contributed by atoms with van der Waals surface area (Å²) >= 11 is 0. The van der Waals surface area contributed by atoms with Crippen LogP contribution in [-0.4, -0.2) is 46.6 Å². The number of rotatable bonds is 4. The van der Waals surface area contributed by atoms with Crippen molar-refractivity contribution in [3.05, 3.63) is 53.9 Å². The lowest BCUT2D eigenvalue weighted by Gasteiger charge is -2.24. The molecule has 0 spiro atoms. The number of halogens is 3. The van der Waals surface area contributed by atoms with Gasteiger partial charge in [-0.1, -0.05) is 12.1 Å². The van der Waals surface area contributed by atoms with Crippen LogP contribution in [0.1, 0.15) is 23.6 Å². The van der Waals surface area contributed by atoms with Gasteiger partial charge in [-0.15, -0.1) is 0 Å². The Bertz CT molecular complexity index is 861. The number of nitrogens with zero attached hydrogens (tertiary/aromatic N) is 1. The highest BCUT2D eigenvalue weighted by molar-refractivity contribution is 5.89. The molecule has 10 heteroatoms. The summed E-state index contributed by atoms with van der Waals surface area (Å²) in [6.45, 7) is 0. The Morgan fingerprint density at radius 1 is 1.24 bits per heavy atom. The van der Waals surface area contributed by atoms with Crippen LogP contribution in [0.4, 0.5) is 23.7 Å². The van der Waals surface area contributed by atoms with Crippen LogP contribution >= 0.6 is 0 Å². The fourth-order valence-corrected chi connectivity index (χ4v) is 3.36. The maximum Gasteiger partial charge on any atom is 0.433 e. The molecule has 3 rings (SSSR count). The van der Waals surface area contributed by atoms with Crippen molar-refractivity contribution in [2.24, 2.45) is 0 Å². The SMILES string of the molecule is COc1cccc(NC(=O)NC2C(c3ccc(C(F)(F)F)nc3)CC(O)C2O)c1. The molecule has 29 heavy (non-hydrogen) atoms. The van der Waals surface area contributed by atoms with Gasteiger partial charge in [0, 0.05) is 23.9 Å². The van der Waals surface area contributed by atoms with Crippen LogP contribution in [0.5, 0.6) is 5.75 Å². The van der Waals surface area contributed by atoms with E-state index in [4.69, 9.17) is 4.74 Å². The molecule has 0 aliphatic heterocycles. The van der Waals surface area contributed by atoms with E-state index in [0.29, 0.717) is 17.0 Å². The highest BCUT2D eigenvalue weighted by atomic mass is 19.4. The Labute approximate surface area is 164 Å². The number of ether oxygens (including phenoxy) is 1. The number of pyridine rings is 1. The number of carbonyl (C=O) groups is 1. The molecule has 1 heterocycles. The highest BCUT2D eigenvalue weighted by Gasteiger charge is 2.43. The van der Waals surface area contributed by atoms with E-state index in [9.17, 15) is 28.2 Å². The van der Waals surface area contributed by atoms with E-state index in [1.165, 1.54) is 13.2 Å². The Hall–Kier alpha value is -2.85. The quantitative estimate of drug-likeness (QED) is 0.619. The normalized spacial score (nSPS) is 24.2. The molecule has 1 aromatic heterocycles. The van der Waals surface area contributed by atoms with Crippen molar-refractivity contribution in [3.8, 4) is 5.75 Å². The standard InChI is InChI=1S/C19H20F3N3O4/c1-29-12-4-2-3-11(7-12)24-18(28)25-16-13(8-14(26)17(16)27)10-5-6-15(23-9-10)19(20,21)22/h2-7,9,13-14,16-17,26-27H,8H2,1H3,(H2,24,25,28). The van der Waals surface area contributed by atoms with E-state index in [0.717, 1.165) is 12.3 Å². The molecule has 0 bridgehead atoms. The Balaban J connectivity index is 1.74. The summed E-state index contributed by atoms with van der Waals surface area (Å²) in [5.74, 6) is -0.0707. The van der Waals surface area contributed by atoms with Crippen LogP contribution in [0.2, 0.25) is 0 Å². The molecule has 1 aliphatic carbocycles. The molecule has 1 saturated carbocycles. The van der Waals surface area contributed by atoms with Crippen LogP contribution in [0.15, 0.2) is 42.6 Å². The lowest BCUT2D eigenvalue weighted by atomic mass is 9.94. The maximum atomic E-state index is 12.7. The van der Waals surface area contributed by atoms with E-state index in [1.54, 1.807) is 24.3 Å². The minimum absolute atomic E-state index is 0.0678. The van der Waals surface area contributed by atoms with Crippen molar-refractivity contribution in [2.45, 2.75) is 36.8 Å². The molecule has 1 fully saturated rings. The van der Waals surface area contributed by atoms with Gasteiger partial charge in [-0.2, -0.15) is 13.2 Å². The predicted molar refractivity (Wildman–Crippen MR) is 97.5 cm³/mol. The highest BCUT2D eigenvalue weighted by Crippen LogP contribution is 2.36. The molecule has 4 atom stereocenters. The zero-order valence-corrected chi connectivity index (χ0v) is 15.3. The lowest BCUT2D eigenvalue weighted by molar-refractivity contribution is -0.141. The lowest BCUT2D eigenvalue weighted by Crippen LogP contribution is -2.46. The summed E-state index contributed by atoms with van der Waals surface area (Å²) in [6.07, 6.45) is -5.87. The second-order valence-corrected chi connectivity index (χ2v) is 6.73. The number of hydrogen-bond acceptors (Lipinski definition) is 5. The van der Waals surface area contributed by atoms with Gasteiger partial charge in [0.15, 0.2) is 0 Å². The van der Waals surface area contributed by atoms with Crippen LogP contribution in [0.25, 0.3) is 0 Å². The van der Waals surface area contributed by atoms with Gasteiger partial charge in [0.05, 0.1) is 19.3 Å². The first-order valence-electron chi connectivity index (χ1n) is 8.80. The minimum atomic E-state index is -4.57. The molecule has 156 valence electrons. The smallest absolute Gasteiger partial charge is 0.433 e. The van der Waals surface area contributed by atoms with Gasteiger partial charge in [0.25, 0.3) is 0 Å². The number of benzene rings is 1. The summed E-state index contributed by atoms with van der Waals surface area (Å²) < 4.78 is 43.2. The van der Waals surface area contributed by atoms with Gasteiger partial charge in [0.2, 0.25) is 0 Å². The largest absolute Gasteiger partial charge is 0.497 e.